The second-order valence-corrected chi connectivity index (χ2v) is 6.03. The fourth-order valence-corrected chi connectivity index (χ4v) is 3.19. The van der Waals surface area contributed by atoms with Crippen molar-refractivity contribution in [1.82, 2.24) is 5.06 Å². The van der Waals surface area contributed by atoms with Crippen LogP contribution in [0.3, 0.4) is 0 Å². The molecule has 0 spiro atoms. The molecule has 24 heavy (non-hydrogen) atoms. The van der Waals surface area contributed by atoms with Gasteiger partial charge in [0.25, 0.3) is 11.8 Å². The molecule has 0 aliphatic carbocycles. The molecule has 122 valence electrons. The highest BCUT2D eigenvalue weighted by molar-refractivity contribution is 6.36. The zero-order valence-electron chi connectivity index (χ0n) is 12.5. The number of imide groups is 1. The van der Waals surface area contributed by atoms with Crippen LogP contribution >= 0.6 is 23.2 Å². The fourth-order valence-electron chi connectivity index (χ4n) is 2.46. The maximum absolute atomic E-state index is 12.4. The Labute approximate surface area is 147 Å². The van der Waals surface area contributed by atoms with E-state index in [1.54, 1.807) is 30.3 Å². The van der Waals surface area contributed by atoms with Crippen LogP contribution in [0.2, 0.25) is 10.0 Å². The lowest BCUT2D eigenvalue weighted by molar-refractivity contribution is -0.170. The molecule has 1 heterocycles. The minimum Gasteiger partial charge on any atom is -0.329 e. The smallest absolute Gasteiger partial charge is 0.329 e. The summed E-state index contributed by atoms with van der Waals surface area (Å²) in [7, 11) is 0. The molecule has 3 rings (SSSR count). The lowest BCUT2D eigenvalue weighted by Gasteiger charge is -2.18. The standard InChI is InChI=1S/C17H11Cl2NO4/c1-9(14-12(18)7-4-8-13(14)19)17(23)24-20-15(21)10-5-2-3-6-11(10)16(20)22/h2-9H,1H3. The molecule has 0 aromatic heterocycles. The molecule has 0 saturated carbocycles. The average molecular weight is 364 g/mol. The zero-order chi connectivity index (χ0) is 17.4. The zero-order valence-corrected chi connectivity index (χ0v) is 14.0. The first-order valence-electron chi connectivity index (χ1n) is 7.05. The molecule has 7 heteroatoms. The molecule has 0 fully saturated rings. The number of carbonyl (C=O) groups excluding carboxylic acids is 3. The van der Waals surface area contributed by atoms with Crippen molar-refractivity contribution in [3.8, 4) is 0 Å². The van der Waals surface area contributed by atoms with E-state index in [9.17, 15) is 14.4 Å². The molecule has 1 aliphatic rings. The summed E-state index contributed by atoms with van der Waals surface area (Å²) in [6.07, 6.45) is 0. The van der Waals surface area contributed by atoms with Gasteiger partial charge in [0.05, 0.1) is 17.0 Å². The van der Waals surface area contributed by atoms with Crippen molar-refractivity contribution in [1.29, 1.82) is 0 Å². The molecule has 1 aliphatic heterocycles. The summed E-state index contributed by atoms with van der Waals surface area (Å²) in [5.74, 6) is -3.02. The Kier molecular flexibility index (Phi) is 4.30. The van der Waals surface area contributed by atoms with Gasteiger partial charge in [0.2, 0.25) is 0 Å². The van der Waals surface area contributed by atoms with Crippen LogP contribution in [0.5, 0.6) is 0 Å². The first-order chi connectivity index (χ1) is 11.4. The van der Waals surface area contributed by atoms with Gasteiger partial charge in [0.1, 0.15) is 0 Å². The summed E-state index contributed by atoms with van der Waals surface area (Å²) in [6.45, 7) is 1.54. The number of nitrogens with zero attached hydrogens (tertiary/aromatic N) is 1. The highest BCUT2D eigenvalue weighted by Gasteiger charge is 2.39. The highest BCUT2D eigenvalue weighted by atomic mass is 35.5. The van der Waals surface area contributed by atoms with E-state index >= 15 is 0 Å². The van der Waals surface area contributed by atoms with Gasteiger partial charge in [-0.25, -0.2) is 4.79 Å². The topological polar surface area (TPSA) is 63.7 Å². The Hall–Kier alpha value is -2.37. The Morgan fingerprint density at radius 1 is 0.958 bits per heavy atom. The van der Waals surface area contributed by atoms with Crippen LogP contribution in [-0.2, 0) is 9.63 Å². The van der Waals surface area contributed by atoms with Gasteiger partial charge in [-0.2, -0.15) is 0 Å². The monoisotopic (exact) mass is 363 g/mol. The molecule has 2 aromatic rings. The molecular formula is C17H11Cl2NO4. The number of hydrogen-bond acceptors (Lipinski definition) is 4. The van der Waals surface area contributed by atoms with Gasteiger partial charge in [0.15, 0.2) is 0 Å². The molecule has 2 aromatic carbocycles. The van der Waals surface area contributed by atoms with Gasteiger partial charge >= 0.3 is 5.97 Å². The molecule has 2 amide bonds. The van der Waals surface area contributed by atoms with Crippen LogP contribution in [0.25, 0.3) is 0 Å². The van der Waals surface area contributed by atoms with E-state index in [0.29, 0.717) is 20.7 Å². The van der Waals surface area contributed by atoms with Gasteiger partial charge in [-0.15, -0.1) is 0 Å². The van der Waals surface area contributed by atoms with E-state index in [2.05, 4.69) is 0 Å². The SMILES string of the molecule is CC(C(=O)ON1C(=O)c2ccccc2C1=O)c1c(Cl)cccc1Cl. The fraction of sp³-hybridized carbons (Fsp3) is 0.118. The van der Waals surface area contributed by atoms with E-state index in [-0.39, 0.29) is 11.1 Å². The van der Waals surface area contributed by atoms with Crippen molar-refractivity contribution in [2.45, 2.75) is 12.8 Å². The maximum Gasteiger partial charge on any atom is 0.340 e. The van der Waals surface area contributed by atoms with Crippen molar-refractivity contribution >= 4 is 41.0 Å². The van der Waals surface area contributed by atoms with Crippen molar-refractivity contribution in [3.63, 3.8) is 0 Å². The van der Waals surface area contributed by atoms with Crippen molar-refractivity contribution in [3.05, 3.63) is 69.2 Å². The largest absolute Gasteiger partial charge is 0.340 e. The Bertz CT molecular complexity index is 810. The van der Waals surface area contributed by atoms with Gasteiger partial charge in [-0.05, 0) is 31.2 Å². The van der Waals surface area contributed by atoms with Crippen LogP contribution in [0.4, 0.5) is 0 Å². The van der Waals surface area contributed by atoms with E-state index in [1.165, 1.54) is 19.1 Å². The van der Waals surface area contributed by atoms with Gasteiger partial charge in [-0.1, -0.05) is 46.5 Å². The predicted molar refractivity (Wildman–Crippen MR) is 87.9 cm³/mol. The van der Waals surface area contributed by atoms with Crippen LogP contribution in [-0.4, -0.2) is 22.8 Å². The van der Waals surface area contributed by atoms with Crippen LogP contribution in [0.1, 0.15) is 39.1 Å². The van der Waals surface area contributed by atoms with Crippen LogP contribution in [0.15, 0.2) is 42.5 Å². The van der Waals surface area contributed by atoms with Gasteiger partial charge in [-0.3, -0.25) is 9.59 Å². The van der Waals surface area contributed by atoms with E-state index in [0.717, 1.165) is 0 Å². The number of carbonyl (C=O) groups is 3. The number of amides is 2. The van der Waals surface area contributed by atoms with Crippen molar-refractivity contribution in [2.75, 3.05) is 0 Å². The van der Waals surface area contributed by atoms with E-state index in [4.69, 9.17) is 28.0 Å². The average Bonchev–Trinajstić information content (AvgIpc) is 2.80. The molecule has 1 atom stereocenters. The third kappa shape index (κ3) is 2.66. The summed E-state index contributed by atoms with van der Waals surface area (Å²) in [5, 5.41) is 1.07. The highest BCUT2D eigenvalue weighted by Crippen LogP contribution is 2.33. The maximum atomic E-state index is 12.4. The Morgan fingerprint density at radius 3 is 1.96 bits per heavy atom. The lowest BCUT2D eigenvalue weighted by atomic mass is 10.0. The first kappa shape index (κ1) is 16.5. The Balaban J connectivity index is 1.84. The molecule has 1 unspecified atom stereocenters. The molecule has 5 nitrogen and oxygen atoms in total. The summed E-state index contributed by atoms with van der Waals surface area (Å²) >= 11 is 12.2. The predicted octanol–water partition coefficient (Wildman–Crippen LogP) is 3.85. The van der Waals surface area contributed by atoms with Gasteiger partial charge in [0, 0.05) is 15.6 Å². The molecule has 0 bridgehead atoms. The molecule has 0 saturated heterocycles. The lowest BCUT2D eigenvalue weighted by Crippen LogP contribution is -2.34. The van der Waals surface area contributed by atoms with E-state index < -0.39 is 23.7 Å². The number of halogens is 2. The number of benzene rings is 2. The van der Waals surface area contributed by atoms with Crippen molar-refractivity contribution in [2.24, 2.45) is 0 Å². The molecule has 0 radical (unpaired) electrons. The third-order valence-corrected chi connectivity index (χ3v) is 4.38. The molecular weight excluding hydrogens is 353 g/mol. The van der Waals surface area contributed by atoms with Crippen LogP contribution in [0, 0.1) is 0 Å². The third-order valence-electron chi connectivity index (χ3n) is 3.72. The number of hydrogen-bond donors (Lipinski definition) is 0. The van der Waals surface area contributed by atoms with Crippen molar-refractivity contribution < 1.29 is 19.2 Å². The number of hydroxylamine groups is 2. The summed E-state index contributed by atoms with van der Waals surface area (Å²) in [4.78, 5) is 41.8. The number of fused-ring (bicyclic) bond motifs is 1. The second-order valence-electron chi connectivity index (χ2n) is 5.22. The molecule has 0 N–H and O–H groups in total. The minimum atomic E-state index is -0.851. The summed E-state index contributed by atoms with van der Waals surface area (Å²) < 4.78 is 0. The normalized spacial score (nSPS) is 14.5. The number of rotatable bonds is 3. The summed E-state index contributed by atoms with van der Waals surface area (Å²) in [5.41, 5.74) is 0.764. The summed E-state index contributed by atoms with van der Waals surface area (Å²) in [6, 6.07) is 11.1. The Morgan fingerprint density at radius 2 is 1.46 bits per heavy atom. The van der Waals surface area contributed by atoms with Gasteiger partial charge < -0.3 is 4.84 Å². The minimum absolute atomic E-state index is 0.193. The van der Waals surface area contributed by atoms with Crippen LogP contribution < -0.4 is 0 Å². The quantitative estimate of drug-likeness (QED) is 0.776. The second kappa shape index (κ2) is 6.26. The first-order valence-corrected chi connectivity index (χ1v) is 7.81. The van der Waals surface area contributed by atoms with E-state index in [1.807, 2.05) is 0 Å².